The number of aliphatic carboxylic acids is 1. The molecule has 0 radical (unpaired) electrons. The summed E-state index contributed by atoms with van der Waals surface area (Å²) in [5.41, 5.74) is -0.590. The smallest absolute Gasteiger partial charge is 0.404 e. The zero-order valence-electron chi connectivity index (χ0n) is 14.2. The van der Waals surface area contributed by atoms with Gasteiger partial charge in [0.2, 0.25) is 5.91 Å². The highest BCUT2D eigenvalue weighted by atomic mass is 35.5. The number of amides is 1. The fourth-order valence-corrected chi connectivity index (χ4v) is 3.57. The second-order valence-electron chi connectivity index (χ2n) is 5.85. The Hall–Kier alpha value is -1.96. The van der Waals surface area contributed by atoms with Crippen molar-refractivity contribution >= 4 is 46.7 Å². The average molecular weight is 455 g/mol. The summed E-state index contributed by atoms with van der Waals surface area (Å²) in [5, 5.41) is 8.99. The molecule has 2 aromatic rings. The minimum Gasteiger partial charge on any atom is -0.479 e. The quantitative estimate of drug-likeness (QED) is 0.642. The average Bonchev–Trinajstić information content (AvgIpc) is 2.56. The number of carboxylic acid groups (broad SMARTS) is 1. The Morgan fingerprint density at radius 1 is 1.04 bits per heavy atom. The molecule has 2 rings (SSSR count). The van der Waals surface area contributed by atoms with Crippen LogP contribution in [0.2, 0.25) is 15.1 Å². The number of likely N-dealkylation sites (N-methyl/N-ethyl adjacent to an activating group) is 1. The van der Waals surface area contributed by atoms with E-state index in [1.807, 2.05) is 0 Å². The summed E-state index contributed by atoms with van der Waals surface area (Å²) in [4.78, 5) is 25.0. The van der Waals surface area contributed by atoms with Crippen LogP contribution in [-0.4, -0.2) is 35.1 Å². The number of nitrogens with zero attached hydrogens (tertiary/aromatic N) is 1. The zero-order valence-corrected chi connectivity index (χ0v) is 16.4. The summed E-state index contributed by atoms with van der Waals surface area (Å²) in [5.74, 6) is -5.78. The van der Waals surface area contributed by atoms with Crippen LogP contribution in [-0.2, 0) is 9.59 Å². The van der Waals surface area contributed by atoms with Gasteiger partial charge in [0.15, 0.2) is 12.0 Å². The third kappa shape index (κ3) is 4.71. The van der Waals surface area contributed by atoms with E-state index in [2.05, 4.69) is 0 Å². The molecule has 1 amide bonds. The lowest BCUT2D eigenvalue weighted by Crippen LogP contribution is -2.43. The fraction of sp³-hybridized carbons (Fsp3) is 0.222. The molecule has 0 aliphatic rings. The first kappa shape index (κ1) is 22.3. The maximum atomic E-state index is 13.8. The summed E-state index contributed by atoms with van der Waals surface area (Å²) in [6, 6.07) is 7.47. The molecular formula is C18H13Cl3F3NO3. The highest BCUT2D eigenvalue weighted by molar-refractivity contribution is 6.36. The Kier molecular flexibility index (Phi) is 6.85. The largest absolute Gasteiger partial charge is 0.479 e. The number of carbonyl (C=O) groups excluding carboxylic acids is 1. The van der Waals surface area contributed by atoms with Crippen molar-refractivity contribution in [2.45, 2.75) is 18.1 Å². The van der Waals surface area contributed by atoms with Crippen LogP contribution in [0.1, 0.15) is 23.1 Å². The van der Waals surface area contributed by atoms with Crippen LogP contribution in [0.4, 0.5) is 13.2 Å². The standard InChI is InChI=1S/C18H13Cl3F3NO3/c1-25(15(17(27)28)9-4-2-5-10(19)8-9)16(26)14(18(22,23)24)13-11(20)6-3-7-12(13)21/h2-8,14-15H,1H3,(H,27,28). The molecule has 0 aliphatic heterocycles. The van der Waals surface area contributed by atoms with E-state index in [9.17, 15) is 27.9 Å². The van der Waals surface area contributed by atoms with Gasteiger partial charge in [0, 0.05) is 27.7 Å². The SMILES string of the molecule is CN(C(=O)C(c1c(Cl)cccc1Cl)C(F)(F)F)C(C(=O)O)c1cccc(Cl)c1. The zero-order chi connectivity index (χ0) is 21.2. The Morgan fingerprint density at radius 3 is 2.04 bits per heavy atom. The summed E-state index contributed by atoms with van der Waals surface area (Å²) in [6.45, 7) is 0. The summed E-state index contributed by atoms with van der Waals surface area (Å²) < 4.78 is 41.3. The molecule has 2 unspecified atom stereocenters. The Balaban J connectivity index is 2.55. The number of carboxylic acids is 1. The summed E-state index contributed by atoms with van der Waals surface area (Å²) in [6.07, 6.45) is -5.06. The Morgan fingerprint density at radius 2 is 1.57 bits per heavy atom. The van der Waals surface area contributed by atoms with Gasteiger partial charge in [-0.25, -0.2) is 4.79 Å². The second kappa shape index (κ2) is 8.59. The molecule has 0 spiro atoms. The van der Waals surface area contributed by atoms with Gasteiger partial charge in [-0.3, -0.25) is 4.79 Å². The first-order chi connectivity index (χ1) is 12.9. The number of rotatable bonds is 5. The number of alkyl halides is 3. The van der Waals surface area contributed by atoms with Gasteiger partial charge < -0.3 is 10.0 Å². The Labute approximate surface area is 173 Å². The number of hydrogen-bond donors (Lipinski definition) is 1. The highest BCUT2D eigenvalue weighted by Gasteiger charge is 2.50. The van der Waals surface area contributed by atoms with Gasteiger partial charge in [-0.05, 0) is 29.8 Å². The maximum Gasteiger partial charge on any atom is 0.404 e. The van der Waals surface area contributed by atoms with E-state index in [1.165, 1.54) is 42.5 Å². The van der Waals surface area contributed by atoms with Crippen LogP contribution in [0.25, 0.3) is 0 Å². The van der Waals surface area contributed by atoms with E-state index < -0.39 is 35.6 Å². The summed E-state index contributed by atoms with van der Waals surface area (Å²) in [7, 11) is 0.964. The first-order valence-electron chi connectivity index (χ1n) is 7.70. The molecule has 2 aromatic carbocycles. The van der Waals surface area contributed by atoms with Crippen LogP contribution < -0.4 is 0 Å². The van der Waals surface area contributed by atoms with Crippen LogP contribution in [0.3, 0.4) is 0 Å². The minimum absolute atomic E-state index is 0.0435. The maximum absolute atomic E-state index is 13.8. The summed E-state index contributed by atoms with van der Waals surface area (Å²) >= 11 is 17.6. The molecule has 0 aliphatic carbocycles. The molecule has 0 fully saturated rings. The van der Waals surface area contributed by atoms with Crippen LogP contribution >= 0.6 is 34.8 Å². The third-order valence-electron chi connectivity index (χ3n) is 4.00. The first-order valence-corrected chi connectivity index (χ1v) is 8.84. The number of hydrogen-bond acceptors (Lipinski definition) is 2. The van der Waals surface area contributed by atoms with Crippen LogP contribution in [0.5, 0.6) is 0 Å². The van der Waals surface area contributed by atoms with Crippen molar-refractivity contribution in [1.82, 2.24) is 4.90 Å². The van der Waals surface area contributed by atoms with Crippen molar-refractivity contribution in [2.75, 3.05) is 7.05 Å². The van der Waals surface area contributed by atoms with E-state index in [-0.39, 0.29) is 20.6 Å². The van der Waals surface area contributed by atoms with Gasteiger partial charge in [0.1, 0.15) is 0 Å². The lowest BCUT2D eigenvalue weighted by atomic mass is 9.95. The molecule has 0 saturated heterocycles. The third-order valence-corrected chi connectivity index (χ3v) is 4.89. The predicted molar refractivity (Wildman–Crippen MR) is 99.9 cm³/mol. The molecule has 28 heavy (non-hydrogen) atoms. The topological polar surface area (TPSA) is 57.6 Å². The molecule has 10 heteroatoms. The molecule has 0 saturated carbocycles. The van der Waals surface area contributed by atoms with Crippen molar-refractivity contribution in [3.8, 4) is 0 Å². The second-order valence-corrected chi connectivity index (χ2v) is 7.11. The van der Waals surface area contributed by atoms with Crippen molar-refractivity contribution in [1.29, 1.82) is 0 Å². The van der Waals surface area contributed by atoms with E-state index >= 15 is 0 Å². The molecular weight excluding hydrogens is 442 g/mol. The van der Waals surface area contributed by atoms with Gasteiger partial charge >= 0.3 is 12.1 Å². The van der Waals surface area contributed by atoms with Crippen LogP contribution in [0.15, 0.2) is 42.5 Å². The van der Waals surface area contributed by atoms with Crippen molar-refractivity contribution in [3.63, 3.8) is 0 Å². The lowest BCUT2D eigenvalue weighted by molar-refractivity contribution is -0.175. The predicted octanol–water partition coefficient (Wildman–Crippen LogP) is 5.58. The molecule has 0 aromatic heterocycles. The normalized spacial score (nSPS) is 13.7. The van der Waals surface area contributed by atoms with Crippen molar-refractivity contribution < 1.29 is 27.9 Å². The van der Waals surface area contributed by atoms with Crippen LogP contribution in [0, 0.1) is 0 Å². The van der Waals surface area contributed by atoms with Crippen molar-refractivity contribution in [2.24, 2.45) is 0 Å². The van der Waals surface area contributed by atoms with Gasteiger partial charge in [-0.15, -0.1) is 0 Å². The molecule has 1 N–H and O–H groups in total. The lowest BCUT2D eigenvalue weighted by Gasteiger charge is -2.31. The van der Waals surface area contributed by atoms with E-state index in [0.29, 0.717) is 4.90 Å². The molecule has 2 atom stereocenters. The van der Waals surface area contributed by atoms with Gasteiger partial charge in [0.25, 0.3) is 0 Å². The van der Waals surface area contributed by atoms with Gasteiger partial charge in [-0.2, -0.15) is 13.2 Å². The molecule has 4 nitrogen and oxygen atoms in total. The highest BCUT2D eigenvalue weighted by Crippen LogP contribution is 2.43. The van der Waals surface area contributed by atoms with Gasteiger partial charge in [-0.1, -0.05) is 53.0 Å². The fourth-order valence-electron chi connectivity index (χ4n) is 2.75. The van der Waals surface area contributed by atoms with E-state index in [0.717, 1.165) is 7.05 Å². The van der Waals surface area contributed by atoms with E-state index in [4.69, 9.17) is 34.8 Å². The number of benzene rings is 2. The monoisotopic (exact) mass is 453 g/mol. The number of halogens is 6. The number of carbonyl (C=O) groups is 2. The molecule has 0 bridgehead atoms. The van der Waals surface area contributed by atoms with Crippen molar-refractivity contribution in [3.05, 3.63) is 68.7 Å². The molecule has 0 heterocycles. The van der Waals surface area contributed by atoms with E-state index in [1.54, 1.807) is 0 Å². The molecule has 150 valence electrons. The minimum atomic E-state index is -5.06. The van der Waals surface area contributed by atoms with Gasteiger partial charge in [0.05, 0.1) is 0 Å². The Bertz CT molecular complexity index is 885.